The van der Waals surface area contributed by atoms with E-state index in [0.29, 0.717) is 10.6 Å². The molecule has 1 unspecified atom stereocenters. The molecule has 0 heterocycles. The van der Waals surface area contributed by atoms with E-state index in [1.165, 1.54) is 6.07 Å². The number of hydrogen-bond donors (Lipinski definition) is 3. The van der Waals surface area contributed by atoms with Crippen LogP contribution in [0.1, 0.15) is 32.4 Å². The van der Waals surface area contributed by atoms with Crippen molar-refractivity contribution in [1.29, 1.82) is 0 Å². The number of benzene rings is 1. The van der Waals surface area contributed by atoms with Crippen LogP contribution in [0.25, 0.3) is 0 Å². The number of ether oxygens (including phenoxy) is 1. The zero-order valence-corrected chi connectivity index (χ0v) is 12.0. The minimum absolute atomic E-state index is 0.00555. The SMILES string of the molecule is CC(C)(C)OC(=O)NCC(N)c1c(O)cccc1Cl. The molecule has 0 saturated carbocycles. The molecular weight excluding hydrogens is 268 g/mol. The van der Waals surface area contributed by atoms with Crippen LogP contribution in [0.15, 0.2) is 18.2 Å². The number of halogens is 1. The average Bonchev–Trinajstić information content (AvgIpc) is 2.23. The predicted molar refractivity (Wildman–Crippen MR) is 74.3 cm³/mol. The number of aromatic hydroxyl groups is 1. The maximum absolute atomic E-state index is 11.5. The lowest BCUT2D eigenvalue weighted by Gasteiger charge is -2.21. The monoisotopic (exact) mass is 286 g/mol. The summed E-state index contributed by atoms with van der Waals surface area (Å²) in [5, 5.41) is 12.6. The zero-order valence-electron chi connectivity index (χ0n) is 11.2. The number of rotatable bonds is 3. The van der Waals surface area contributed by atoms with Crippen molar-refractivity contribution in [3.05, 3.63) is 28.8 Å². The molecule has 0 spiro atoms. The maximum atomic E-state index is 11.5. The number of nitrogens with one attached hydrogen (secondary N) is 1. The van der Waals surface area contributed by atoms with Crippen LogP contribution < -0.4 is 11.1 Å². The molecule has 1 aromatic rings. The standard InChI is InChI=1S/C13H19ClN2O3/c1-13(2,3)19-12(18)16-7-9(15)11-8(14)5-4-6-10(11)17/h4-6,9,17H,7,15H2,1-3H3,(H,16,18). The first-order chi connectivity index (χ1) is 8.70. The molecule has 106 valence electrons. The molecule has 1 rings (SSSR count). The lowest BCUT2D eigenvalue weighted by molar-refractivity contribution is 0.0524. The molecule has 0 aliphatic rings. The van der Waals surface area contributed by atoms with E-state index in [1.54, 1.807) is 32.9 Å². The Labute approximate surface area is 117 Å². The third-order valence-electron chi connectivity index (χ3n) is 2.27. The van der Waals surface area contributed by atoms with E-state index in [-0.39, 0.29) is 12.3 Å². The summed E-state index contributed by atoms with van der Waals surface area (Å²) < 4.78 is 5.08. The highest BCUT2D eigenvalue weighted by Crippen LogP contribution is 2.29. The van der Waals surface area contributed by atoms with Crippen molar-refractivity contribution in [2.24, 2.45) is 5.73 Å². The van der Waals surface area contributed by atoms with Crippen molar-refractivity contribution in [3.8, 4) is 5.75 Å². The highest BCUT2D eigenvalue weighted by Gasteiger charge is 2.19. The third kappa shape index (κ3) is 4.96. The second-order valence-corrected chi connectivity index (χ2v) is 5.57. The van der Waals surface area contributed by atoms with E-state index >= 15 is 0 Å². The summed E-state index contributed by atoms with van der Waals surface area (Å²) in [4.78, 5) is 11.5. The van der Waals surface area contributed by atoms with E-state index < -0.39 is 17.7 Å². The van der Waals surface area contributed by atoms with Crippen LogP contribution in [0, 0.1) is 0 Å². The van der Waals surface area contributed by atoms with Crippen LogP contribution in [0.3, 0.4) is 0 Å². The van der Waals surface area contributed by atoms with Crippen LogP contribution in [-0.2, 0) is 4.74 Å². The van der Waals surface area contributed by atoms with Crippen molar-refractivity contribution in [2.75, 3.05) is 6.54 Å². The van der Waals surface area contributed by atoms with Gasteiger partial charge in [0.15, 0.2) is 0 Å². The molecule has 0 aliphatic heterocycles. The minimum Gasteiger partial charge on any atom is -0.508 e. The Morgan fingerprint density at radius 2 is 2.16 bits per heavy atom. The van der Waals surface area contributed by atoms with Gasteiger partial charge in [0, 0.05) is 17.1 Å². The Hall–Kier alpha value is -1.46. The van der Waals surface area contributed by atoms with E-state index in [2.05, 4.69) is 5.32 Å². The van der Waals surface area contributed by atoms with Gasteiger partial charge < -0.3 is 20.9 Å². The number of hydrogen-bond acceptors (Lipinski definition) is 4. The Morgan fingerprint density at radius 3 is 2.68 bits per heavy atom. The van der Waals surface area contributed by atoms with Gasteiger partial charge in [0.25, 0.3) is 0 Å². The molecule has 0 aromatic heterocycles. The molecule has 1 aromatic carbocycles. The zero-order chi connectivity index (χ0) is 14.6. The highest BCUT2D eigenvalue weighted by molar-refractivity contribution is 6.31. The molecule has 5 nitrogen and oxygen atoms in total. The minimum atomic E-state index is -0.610. The number of nitrogens with two attached hydrogens (primary N) is 1. The van der Waals surface area contributed by atoms with Crippen LogP contribution in [0.2, 0.25) is 5.02 Å². The smallest absolute Gasteiger partial charge is 0.407 e. The van der Waals surface area contributed by atoms with Crippen LogP contribution in [-0.4, -0.2) is 23.3 Å². The molecule has 1 atom stereocenters. The summed E-state index contributed by atoms with van der Waals surface area (Å²) in [6, 6.07) is 4.13. The molecule has 0 aliphatic carbocycles. The Balaban J connectivity index is 2.61. The molecule has 1 amide bonds. The maximum Gasteiger partial charge on any atom is 0.407 e. The number of phenols is 1. The second kappa shape index (κ2) is 6.12. The lowest BCUT2D eigenvalue weighted by Crippen LogP contribution is -2.36. The molecule has 0 bridgehead atoms. The lowest BCUT2D eigenvalue weighted by atomic mass is 10.1. The number of carbonyl (C=O) groups excluding carboxylic acids is 1. The number of carbonyl (C=O) groups is 1. The fourth-order valence-electron chi connectivity index (χ4n) is 1.50. The number of amides is 1. The first kappa shape index (κ1) is 15.6. The van der Waals surface area contributed by atoms with Crippen molar-refractivity contribution in [3.63, 3.8) is 0 Å². The van der Waals surface area contributed by atoms with Gasteiger partial charge in [-0.25, -0.2) is 4.79 Å². The van der Waals surface area contributed by atoms with Crippen molar-refractivity contribution in [1.82, 2.24) is 5.32 Å². The molecule has 6 heteroatoms. The van der Waals surface area contributed by atoms with Gasteiger partial charge in [-0.05, 0) is 32.9 Å². The Morgan fingerprint density at radius 1 is 1.53 bits per heavy atom. The van der Waals surface area contributed by atoms with Gasteiger partial charge in [0.05, 0.1) is 6.04 Å². The fourth-order valence-corrected chi connectivity index (χ4v) is 1.81. The van der Waals surface area contributed by atoms with Crippen LogP contribution in [0.5, 0.6) is 5.75 Å². The van der Waals surface area contributed by atoms with Gasteiger partial charge in [-0.15, -0.1) is 0 Å². The van der Waals surface area contributed by atoms with E-state index in [4.69, 9.17) is 22.1 Å². The summed E-state index contributed by atoms with van der Waals surface area (Å²) in [6.45, 7) is 5.43. The first-order valence-corrected chi connectivity index (χ1v) is 6.28. The van der Waals surface area contributed by atoms with Crippen molar-refractivity contribution in [2.45, 2.75) is 32.4 Å². The van der Waals surface area contributed by atoms with Gasteiger partial charge in [-0.2, -0.15) is 0 Å². The first-order valence-electron chi connectivity index (χ1n) is 5.90. The summed E-state index contributed by atoms with van der Waals surface area (Å²) in [7, 11) is 0. The highest BCUT2D eigenvalue weighted by atomic mass is 35.5. The topological polar surface area (TPSA) is 84.6 Å². The second-order valence-electron chi connectivity index (χ2n) is 5.16. The molecule has 4 N–H and O–H groups in total. The summed E-state index contributed by atoms with van der Waals surface area (Å²) in [5.74, 6) is 0.00555. The van der Waals surface area contributed by atoms with E-state index in [1.807, 2.05) is 0 Å². The third-order valence-corrected chi connectivity index (χ3v) is 2.60. The molecule has 0 saturated heterocycles. The number of phenolic OH excluding ortho intramolecular Hbond substituents is 1. The van der Waals surface area contributed by atoms with E-state index in [0.717, 1.165) is 0 Å². The largest absolute Gasteiger partial charge is 0.508 e. The van der Waals surface area contributed by atoms with Crippen molar-refractivity contribution >= 4 is 17.7 Å². The van der Waals surface area contributed by atoms with Crippen LogP contribution >= 0.6 is 11.6 Å². The molecule has 0 fully saturated rings. The van der Waals surface area contributed by atoms with Crippen LogP contribution in [0.4, 0.5) is 4.79 Å². The Bertz CT molecular complexity index is 437. The van der Waals surface area contributed by atoms with E-state index in [9.17, 15) is 9.90 Å². The molecule has 19 heavy (non-hydrogen) atoms. The Kier molecular flexibility index (Phi) is 5.03. The molecule has 0 radical (unpaired) electrons. The van der Waals surface area contributed by atoms with Gasteiger partial charge in [-0.1, -0.05) is 17.7 Å². The van der Waals surface area contributed by atoms with Crippen molar-refractivity contribution < 1.29 is 14.6 Å². The van der Waals surface area contributed by atoms with Gasteiger partial charge >= 0.3 is 6.09 Å². The van der Waals surface area contributed by atoms with Gasteiger partial charge in [-0.3, -0.25) is 0 Å². The molecular formula is C13H19ClN2O3. The van der Waals surface area contributed by atoms with Gasteiger partial charge in [0.2, 0.25) is 0 Å². The fraction of sp³-hybridized carbons (Fsp3) is 0.462. The summed E-state index contributed by atoms with van der Waals surface area (Å²) in [6.07, 6.45) is -0.561. The van der Waals surface area contributed by atoms with Gasteiger partial charge in [0.1, 0.15) is 11.4 Å². The quantitative estimate of drug-likeness (QED) is 0.797. The number of alkyl carbamates (subject to hydrolysis) is 1. The summed E-state index contributed by atoms with van der Waals surface area (Å²) >= 11 is 5.96. The predicted octanol–water partition coefficient (Wildman–Crippen LogP) is 2.57. The average molecular weight is 287 g/mol. The summed E-state index contributed by atoms with van der Waals surface area (Å²) in [5.41, 5.74) is 5.73. The normalized spacial score (nSPS) is 12.9.